The monoisotopic (exact) mass is 290 g/mol. The van der Waals surface area contributed by atoms with E-state index in [2.05, 4.69) is 19.1 Å². The minimum absolute atomic E-state index is 0.0180. The van der Waals surface area contributed by atoms with Crippen molar-refractivity contribution >= 4 is 5.78 Å². The van der Waals surface area contributed by atoms with E-state index < -0.39 is 0 Å². The van der Waals surface area contributed by atoms with E-state index in [9.17, 15) is 4.79 Å². The maximum atomic E-state index is 12.9. The first-order chi connectivity index (χ1) is 10.6. The molecule has 1 aliphatic carbocycles. The van der Waals surface area contributed by atoms with Crippen LogP contribution in [0.1, 0.15) is 28.4 Å². The van der Waals surface area contributed by atoms with Gasteiger partial charge in [0.25, 0.3) is 0 Å². The van der Waals surface area contributed by atoms with Crippen LogP contribution in [0.5, 0.6) is 5.75 Å². The van der Waals surface area contributed by atoms with E-state index in [1.807, 2.05) is 60.7 Å². The van der Waals surface area contributed by atoms with Crippen molar-refractivity contribution in [3.8, 4) is 5.75 Å². The summed E-state index contributed by atoms with van der Waals surface area (Å²) in [6, 6.07) is 15.1. The minimum atomic E-state index is -0.258. The number of hydrogen-bond donors (Lipinski definition) is 0. The van der Waals surface area contributed by atoms with Crippen LogP contribution in [0.25, 0.3) is 0 Å². The maximum Gasteiger partial charge on any atom is 0.193 e. The number of carbonyl (C=O) groups is 1. The van der Waals surface area contributed by atoms with Crippen molar-refractivity contribution in [1.29, 1.82) is 0 Å². The molecule has 110 valence electrons. The maximum absolute atomic E-state index is 12.9. The second kappa shape index (κ2) is 5.64. The van der Waals surface area contributed by atoms with Crippen LogP contribution in [0.3, 0.4) is 0 Å². The topological polar surface area (TPSA) is 26.3 Å². The van der Waals surface area contributed by atoms with E-state index in [0.717, 1.165) is 5.56 Å². The van der Waals surface area contributed by atoms with E-state index in [1.54, 1.807) is 7.11 Å². The van der Waals surface area contributed by atoms with Gasteiger partial charge in [-0.05, 0) is 24.6 Å². The van der Waals surface area contributed by atoms with Crippen molar-refractivity contribution in [1.82, 2.24) is 0 Å². The third-order valence-corrected chi connectivity index (χ3v) is 4.08. The Labute approximate surface area is 130 Å². The standard InChI is InChI=1S/C20H18O2/c1-20(12-6-7-13-20)18-11-10-16(22-2)14-17(18)19(21)15-8-4-3-5-9-15/h3-14H,1-2H3. The van der Waals surface area contributed by atoms with Crippen molar-refractivity contribution < 1.29 is 9.53 Å². The smallest absolute Gasteiger partial charge is 0.193 e. The lowest BCUT2D eigenvalue weighted by molar-refractivity contribution is 0.103. The lowest BCUT2D eigenvalue weighted by Crippen LogP contribution is -2.19. The number of rotatable bonds is 4. The van der Waals surface area contributed by atoms with Gasteiger partial charge in [0.15, 0.2) is 5.78 Å². The van der Waals surface area contributed by atoms with Gasteiger partial charge in [-0.1, -0.05) is 60.7 Å². The van der Waals surface area contributed by atoms with E-state index in [1.165, 1.54) is 0 Å². The van der Waals surface area contributed by atoms with Crippen molar-refractivity contribution in [3.63, 3.8) is 0 Å². The SMILES string of the molecule is COc1ccc(C2(C)C=CC=C2)c(C(=O)c2ccccc2)c1. The number of benzene rings is 2. The fraction of sp³-hybridized carbons (Fsp3) is 0.150. The molecular formula is C20H18O2. The van der Waals surface area contributed by atoms with Crippen LogP contribution in [0.2, 0.25) is 0 Å². The first kappa shape index (κ1) is 14.3. The van der Waals surface area contributed by atoms with Gasteiger partial charge in [-0.25, -0.2) is 0 Å². The zero-order valence-electron chi connectivity index (χ0n) is 12.7. The molecule has 22 heavy (non-hydrogen) atoms. The Kier molecular flexibility index (Phi) is 3.68. The molecule has 0 aromatic heterocycles. The summed E-state index contributed by atoms with van der Waals surface area (Å²) in [5.41, 5.74) is 2.11. The third kappa shape index (κ3) is 2.48. The molecule has 3 rings (SSSR count). The molecular weight excluding hydrogens is 272 g/mol. The average Bonchev–Trinajstić information content (AvgIpc) is 3.02. The summed E-state index contributed by atoms with van der Waals surface area (Å²) in [5.74, 6) is 0.710. The number of ketones is 1. The van der Waals surface area contributed by atoms with Gasteiger partial charge in [0.1, 0.15) is 5.75 Å². The molecule has 0 aliphatic heterocycles. The van der Waals surface area contributed by atoms with E-state index >= 15 is 0 Å². The molecule has 0 saturated carbocycles. The molecule has 0 heterocycles. The molecule has 0 N–H and O–H groups in total. The second-order valence-electron chi connectivity index (χ2n) is 5.61. The van der Waals surface area contributed by atoms with Crippen LogP contribution in [-0.2, 0) is 5.41 Å². The molecule has 0 fully saturated rings. The molecule has 0 atom stereocenters. The molecule has 0 spiro atoms. The van der Waals surface area contributed by atoms with Gasteiger partial charge in [0.05, 0.1) is 7.11 Å². The Bertz CT molecular complexity index is 743. The Morgan fingerprint density at radius 1 is 1.00 bits per heavy atom. The van der Waals surface area contributed by atoms with Crippen LogP contribution in [0.15, 0.2) is 72.8 Å². The Balaban J connectivity index is 2.14. The molecule has 0 saturated heterocycles. The largest absolute Gasteiger partial charge is 0.497 e. The fourth-order valence-electron chi connectivity index (χ4n) is 2.80. The van der Waals surface area contributed by atoms with Gasteiger partial charge < -0.3 is 4.74 Å². The molecule has 0 bridgehead atoms. The predicted octanol–water partition coefficient (Wildman–Crippen LogP) is 4.31. The van der Waals surface area contributed by atoms with Crippen LogP contribution in [0.4, 0.5) is 0 Å². The van der Waals surface area contributed by atoms with Crippen molar-refractivity contribution in [2.75, 3.05) is 7.11 Å². The van der Waals surface area contributed by atoms with Crippen LogP contribution in [0, 0.1) is 0 Å². The lowest BCUT2D eigenvalue weighted by Gasteiger charge is -2.23. The molecule has 0 unspecified atom stereocenters. The molecule has 2 nitrogen and oxygen atoms in total. The van der Waals surface area contributed by atoms with Gasteiger partial charge >= 0.3 is 0 Å². The number of ether oxygens (including phenoxy) is 1. The normalized spacial score (nSPS) is 15.0. The number of methoxy groups -OCH3 is 1. The fourth-order valence-corrected chi connectivity index (χ4v) is 2.80. The van der Waals surface area contributed by atoms with Crippen LogP contribution >= 0.6 is 0 Å². The lowest BCUT2D eigenvalue weighted by atomic mass is 9.79. The van der Waals surface area contributed by atoms with Gasteiger partial charge in [-0.3, -0.25) is 4.79 Å². The number of carbonyl (C=O) groups excluding carboxylic acids is 1. The first-order valence-corrected chi connectivity index (χ1v) is 7.29. The minimum Gasteiger partial charge on any atom is -0.497 e. The summed E-state index contributed by atoms with van der Waals surface area (Å²) in [7, 11) is 1.61. The van der Waals surface area contributed by atoms with Gasteiger partial charge in [0, 0.05) is 16.5 Å². The summed E-state index contributed by atoms with van der Waals surface area (Å²) in [6.45, 7) is 2.11. The summed E-state index contributed by atoms with van der Waals surface area (Å²) in [5, 5.41) is 0. The Hall–Kier alpha value is -2.61. The summed E-state index contributed by atoms with van der Waals surface area (Å²) in [4.78, 5) is 12.9. The van der Waals surface area contributed by atoms with Crippen molar-refractivity contribution in [2.45, 2.75) is 12.3 Å². The van der Waals surface area contributed by atoms with E-state index in [4.69, 9.17) is 4.74 Å². The molecule has 0 radical (unpaired) electrons. The Morgan fingerprint density at radius 2 is 1.68 bits per heavy atom. The summed E-state index contributed by atoms with van der Waals surface area (Å²) < 4.78 is 5.30. The quantitative estimate of drug-likeness (QED) is 0.784. The molecule has 0 amide bonds. The molecule has 2 aromatic rings. The summed E-state index contributed by atoms with van der Waals surface area (Å²) >= 11 is 0. The van der Waals surface area contributed by atoms with Crippen LogP contribution < -0.4 is 4.74 Å². The zero-order valence-corrected chi connectivity index (χ0v) is 12.7. The van der Waals surface area contributed by atoms with Gasteiger partial charge in [0.2, 0.25) is 0 Å². The highest BCUT2D eigenvalue weighted by molar-refractivity contribution is 6.10. The van der Waals surface area contributed by atoms with Crippen LogP contribution in [-0.4, -0.2) is 12.9 Å². The van der Waals surface area contributed by atoms with E-state index in [0.29, 0.717) is 16.9 Å². The zero-order chi connectivity index (χ0) is 15.6. The highest BCUT2D eigenvalue weighted by Gasteiger charge is 2.28. The first-order valence-electron chi connectivity index (χ1n) is 7.29. The van der Waals surface area contributed by atoms with Gasteiger partial charge in [-0.2, -0.15) is 0 Å². The van der Waals surface area contributed by atoms with Gasteiger partial charge in [-0.15, -0.1) is 0 Å². The highest BCUT2D eigenvalue weighted by Crippen LogP contribution is 2.35. The van der Waals surface area contributed by atoms with Crippen molar-refractivity contribution in [2.24, 2.45) is 0 Å². The van der Waals surface area contributed by atoms with Crippen molar-refractivity contribution in [3.05, 3.63) is 89.5 Å². The molecule has 2 aromatic carbocycles. The summed E-state index contributed by atoms with van der Waals surface area (Å²) in [6.07, 6.45) is 8.25. The molecule has 1 aliphatic rings. The number of allylic oxidation sites excluding steroid dienone is 4. The molecule has 2 heteroatoms. The highest BCUT2D eigenvalue weighted by atomic mass is 16.5. The average molecular weight is 290 g/mol. The second-order valence-corrected chi connectivity index (χ2v) is 5.61. The van der Waals surface area contributed by atoms with E-state index in [-0.39, 0.29) is 11.2 Å². The number of hydrogen-bond acceptors (Lipinski definition) is 2. The Morgan fingerprint density at radius 3 is 2.32 bits per heavy atom. The predicted molar refractivity (Wildman–Crippen MR) is 88.5 cm³/mol. The third-order valence-electron chi connectivity index (χ3n) is 4.08.